The highest BCUT2D eigenvalue weighted by atomic mass is 16.5. The molecule has 2 atom stereocenters. The summed E-state index contributed by atoms with van der Waals surface area (Å²) in [4.78, 5) is 22.9. The van der Waals surface area contributed by atoms with Gasteiger partial charge in [0.15, 0.2) is 5.78 Å². The number of methoxy groups -OCH3 is 1. The van der Waals surface area contributed by atoms with E-state index in [1.54, 1.807) is 6.08 Å². The van der Waals surface area contributed by atoms with Gasteiger partial charge in [-0.05, 0) is 12.3 Å². The van der Waals surface area contributed by atoms with Crippen molar-refractivity contribution in [3.8, 4) is 0 Å². The van der Waals surface area contributed by atoms with Gasteiger partial charge < -0.3 is 4.74 Å². The summed E-state index contributed by atoms with van der Waals surface area (Å²) in [5, 5.41) is 0. The van der Waals surface area contributed by atoms with Crippen molar-refractivity contribution in [2.45, 2.75) is 6.42 Å². The Morgan fingerprint density at radius 3 is 2.65 bits per heavy atom. The van der Waals surface area contributed by atoms with E-state index in [2.05, 4.69) is 4.74 Å². The number of rotatable bonds is 4. The van der Waals surface area contributed by atoms with Crippen LogP contribution in [0.25, 0.3) is 0 Å². The maximum Gasteiger partial charge on any atom is 0.330 e. The van der Waals surface area contributed by atoms with Crippen molar-refractivity contribution in [1.82, 2.24) is 0 Å². The minimum atomic E-state index is -0.372. The number of ketones is 1. The fourth-order valence-corrected chi connectivity index (χ4v) is 1.82. The fraction of sp³-hybridized carbons (Fsp3) is 0.286. The minimum Gasteiger partial charge on any atom is -0.466 e. The highest BCUT2D eigenvalue weighted by molar-refractivity contribution is 5.99. The summed E-state index contributed by atoms with van der Waals surface area (Å²) in [6.07, 6.45) is 3.97. The molecule has 0 aromatic heterocycles. The van der Waals surface area contributed by atoms with E-state index >= 15 is 0 Å². The number of carbonyl (C=O) groups is 2. The summed E-state index contributed by atoms with van der Waals surface area (Å²) in [6, 6.07) is 9.24. The molecule has 1 fully saturated rings. The third kappa shape index (κ3) is 2.81. The Kier molecular flexibility index (Phi) is 3.38. The lowest BCUT2D eigenvalue weighted by Crippen LogP contribution is -2.02. The third-order valence-corrected chi connectivity index (χ3v) is 2.92. The standard InChI is InChI=1S/C14H14O3/c1-17-13(15)8-7-11-9-12(11)14(16)10-5-3-2-4-6-10/h2-8,11-12H,9H2,1H3/b8-7+. The molecule has 0 amide bonds. The maximum absolute atomic E-state index is 12.0. The Bertz CT molecular complexity index is 448. The number of ether oxygens (including phenoxy) is 1. The Labute approximate surface area is 100 Å². The van der Waals surface area contributed by atoms with Crippen LogP contribution in [0.1, 0.15) is 16.8 Å². The predicted octanol–water partition coefficient (Wildman–Crippen LogP) is 2.23. The number of benzene rings is 1. The van der Waals surface area contributed by atoms with E-state index in [1.807, 2.05) is 30.3 Å². The quantitative estimate of drug-likeness (QED) is 0.452. The molecule has 3 heteroatoms. The Hall–Kier alpha value is -1.90. The van der Waals surface area contributed by atoms with Crippen LogP contribution in [0.2, 0.25) is 0 Å². The van der Waals surface area contributed by atoms with Crippen LogP contribution in [0.15, 0.2) is 42.5 Å². The average molecular weight is 230 g/mol. The van der Waals surface area contributed by atoms with Gasteiger partial charge in [0.1, 0.15) is 0 Å². The molecule has 0 spiro atoms. The highest BCUT2D eigenvalue weighted by Gasteiger charge is 2.41. The number of Topliss-reactive ketones (excluding diaryl/α,β-unsaturated/α-hetero) is 1. The summed E-state index contributed by atoms with van der Waals surface area (Å²) in [7, 11) is 1.34. The van der Waals surface area contributed by atoms with E-state index in [0.29, 0.717) is 0 Å². The first kappa shape index (κ1) is 11.6. The fourth-order valence-electron chi connectivity index (χ4n) is 1.82. The van der Waals surface area contributed by atoms with Gasteiger partial charge in [-0.15, -0.1) is 0 Å². The molecule has 2 rings (SSSR count). The Morgan fingerprint density at radius 2 is 2.00 bits per heavy atom. The van der Waals surface area contributed by atoms with Gasteiger partial charge in [-0.25, -0.2) is 4.79 Å². The van der Waals surface area contributed by atoms with Gasteiger partial charge in [0.05, 0.1) is 7.11 Å². The number of esters is 1. The van der Waals surface area contributed by atoms with Crippen molar-refractivity contribution >= 4 is 11.8 Å². The monoisotopic (exact) mass is 230 g/mol. The topological polar surface area (TPSA) is 43.4 Å². The lowest BCUT2D eigenvalue weighted by Gasteiger charge is -1.97. The van der Waals surface area contributed by atoms with Crippen molar-refractivity contribution in [3.63, 3.8) is 0 Å². The van der Waals surface area contributed by atoms with Crippen molar-refractivity contribution in [2.24, 2.45) is 11.8 Å². The first-order valence-corrected chi connectivity index (χ1v) is 5.58. The van der Waals surface area contributed by atoms with E-state index in [-0.39, 0.29) is 23.6 Å². The molecule has 0 bridgehead atoms. The number of carbonyl (C=O) groups excluding carboxylic acids is 2. The molecule has 0 saturated heterocycles. The normalized spacial score (nSPS) is 22.4. The van der Waals surface area contributed by atoms with Crippen LogP contribution >= 0.6 is 0 Å². The zero-order valence-electron chi connectivity index (χ0n) is 9.63. The van der Waals surface area contributed by atoms with Crippen LogP contribution in [0.5, 0.6) is 0 Å². The molecule has 0 aliphatic heterocycles. The van der Waals surface area contributed by atoms with E-state index < -0.39 is 0 Å². The zero-order chi connectivity index (χ0) is 12.3. The smallest absolute Gasteiger partial charge is 0.330 e. The second-order valence-electron chi connectivity index (χ2n) is 4.12. The van der Waals surface area contributed by atoms with Crippen LogP contribution in [-0.4, -0.2) is 18.9 Å². The molecule has 0 heterocycles. The van der Waals surface area contributed by atoms with Crippen LogP contribution in [0.3, 0.4) is 0 Å². The number of hydrogen-bond acceptors (Lipinski definition) is 3. The molecular weight excluding hydrogens is 216 g/mol. The van der Waals surface area contributed by atoms with Gasteiger partial charge in [-0.2, -0.15) is 0 Å². The second-order valence-corrected chi connectivity index (χ2v) is 4.12. The summed E-state index contributed by atoms with van der Waals surface area (Å²) >= 11 is 0. The molecule has 1 aliphatic rings. The number of allylic oxidation sites excluding steroid dienone is 1. The lowest BCUT2D eigenvalue weighted by atomic mass is 10.1. The third-order valence-electron chi connectivity index (χ3n) is 2.92. The summed E-state index contributed by atoms with van der Waals surface area (Å²) in [6.45, 7) is 0. The molecule has 1 saturated carbocycles. The maximum atomic E-state index is 12.0. The summed E-state index contributed by atoms with van der Waals surface area (Å²) < 4.78 is 4.50. The Balaban J connectivity index is 1.93. The molecule has 1 aromatic carbocycles. The largest absolute Gasteiger partial charge is 0.466 e. The van der Waals surface area contributed by atoms with Gasteiger partial charge in [-0.3, -0.25) is 4.79 Å². The van der Waals surface area contributed by atoms with Crippen molar-refractivity contribution in [2.75, 3.05) is 7.11 Å². The van der Waals surface area contributed by atoms with Crippen LogP contribution in [0, 0.1) is 11.8 Å². The molecule has 0 radical (unpaired) electrons. The summed E-state index contributed by atoms with van der Waals surface area (Å²) in [5.41, 5.74) is 0.742. The van der Waals surface area contributed by atoms with E-state index in [4.69, 9.17) is 0 Å². The van der Waals surface area contributed by atoms with Crippen LogP contribution in [-0.2, 0) is 9.53 Å². The molecule has 2 unspecified atom stereocenters. The molecule has 1 aromatic rings. The summed E-state index contributed by atoms with van der Waals surface area (Å²) in [5.74, 6) is -0.00645. The minimum absolute atomic E-state index is 0.0262. The molecule has 17 heavy (non-hydrogen) atoms. The van der Waals surface area contributed by atoms with E-state index in [0.717, 1.165) is 12.0 Å². The first-order chi connectivity index (χ1) is 8.22. The highest BCUT2D eigenvalue weighted by Crippen LogP contribution is 2.41. The molecule has 0 N–H and O–H groups in total. The van der Waals surface area contributed by atoms with Gasteiger partial charge in [0.25, 0.3) is 0 Å². The first-order valence-electron chi connectivity index (χ1n) is 5.58. The van der Waals surface area contributed by atoms with Gasteiger partial charge in [-0.1, -0.05) is 36.4 Å². The molecular formula is C14H14O3. The van der Waals surface area contributed by atoms with Crippen molar-refractivity contribution < 1.29 is 14.3 Å². The average Bonchev–Trinajstić information content (AvgIpc) is 3.15. The Morgan fingerprint density at radius 1 is 1.29 bits per heavy atom. The predicted molar refractivity (Wildman–Crippen MR) is 63.5 cm³/mol. The van der Waals surface area contributed by atoms with Crippen LogP contribution in [0.4, 0.5) is 0 Å². The molecule has 88 valence electrons. The molecule has 1 aliphatic carbocycles. The second kappa shape index (κ2) is 4.95. The van der Waals surface area contributed by atoms with Gasteiger partial charge >= 0.3 is 5.97 Å². The van der Waals surface area contributed by atoms with Gasteiger partial charge in [0.2, 0.25) is 0 Å². The number of hydrogen-bond donors (Lipinski definition) is 0. The van der Waals surface area contributed by atoms with Gasteiger partial charge in [0, 0.05) is 17.6 Å². The zero-order valence-corrected chi connectivity index (χ0v) is 9.63. The van der Waals surface area contributed by atoms with Crippen molar-refractivity contribution in [3.05, 3.63) is 48.0 Å². The van der Waals surface area contributed by atoms with E-state index in [9.17, 15) is 9.59 Å². The van der Waals surface area contributed by atoms with Crippen molar-refractivity contribution in [1.29, 1.82) is 0 Å². The lowest BCUT2D eigenvalue weighted by molar-refractivity contribution is -0.134. The molecule has 3 nitrogen and oxygen atoms in total. The van der Waals surface area contributed by atoms with E-state index in [1.165, 1.54) is 13.2 Å². The SMILES string of the molecule is COC(=O)/C=C/C1CC1C(=O)c1ccccc1. The van der Waals surface area contributed by atoms with Crippen LogP contribution < -0.4 is 0 Å².